The normalized spacial score (nSPS) is 10.8. The summed E-state index contributed by atoms with van der Waals surface area (Å²) < 4.78 is 11.1. The zero-order valence-corrected chi connectivity index (χ0v) is 18.4. The summed E-state index contributed by atoms with van der Waals surface area (Å²) in [6.07, 6.45) is 0. The number of halogens is 2. The van der Waals surface area contributed by atoms with Crippen molar-refractivity contribution in [2.75, 3.05) is 19.5 Å². The number of nitrogens with one attached hydrogen (secondary N) is 1. The van der Waals surface area contributed by atoms with Crippen molar-refractivity contribution in [3.8, 4) is 17.2 Å². The summed E-state index contributed by atoms with van der Waals surface area (Å²) in [5.74, 6) is 0.988. The number of ether oxygens (including phenoxy) is 2. The Labute approximate surface area is 185 Å². The first-order chi connectivity index (χ1) is 14.5. The molecule has 1 heterocycles. The van der Waals surface area contributed by atoms with E-state index in [1.54, 1.807) is 62.8 Å². The molecule has 1 N–H and O–H groups in total. The summed E-state index contributed by atoms with van der Waals surface area (Å²) in [7, 11) is 3.13. The summed E-state index contributed by atoms with van der Waals surface area (Å²) in [4.78, 5) is 14.1. The predicted molar refractivity (Wildman–Crippen MR) is 119 cm³/mol. The molecular formula is C21H16BrClN4O3. The molecule has 0 unspecified atom stereocenters. The highest BCUT2D eigenvalue weighted by molar-refractivity contribution is 9.10. The molecule has 3 aromatic carbocycles. The smallest absolute Gasteiger partial charge is 0.255 e. The van der Waals surface area contributed by atoms with E-state index < -0.39 is 0 Å². The number of hydrogen-bond donors (Lipinski definition) is 1. The maximum absolute atomic E-state index is 12.6. The Balaban J connectivity index is 1.58. The van der Waals surface area contributed by atoms with Gasteiger partial charge in [0, 0.05) is 11.3 Å². The number of amides is 1. The van der Waals surface area contributed by atoms with Gasteiger partial charge in [0.15, 0.2) is 0 Å². The zero-order chi connectivity index (χ0) is 21.3. The molecule has 0 aliphatic rings. The van der Waals surface area contributed by atoms with Crippen molar-refractivity contribution in [3.05, 3.63) is 69.7 Å². The van der Waals surface area contributed by atoms with Gasteiger partial charge < -0.3 is 14.8 Å². The van der Waals surface area contributed by atoms with E-state index in [1.807, 2.05) is 6.07 Å². The number of carbonyl (C=O) groups excluding carboxylic acids is 1. The molecule has 0 bridgehead atoms. The molecule has 0 aliphatic carbocycles. The van der Waals surface area contributed by atoms with Gasteiger partial charge in [0.25, 0.3) is 5.91 Å². The number of nitrogens with zero attached hydrogens (tertiary/aromatic N) is 3. The third-order valence-corrected chi connectivity index (χ3v) is 5.33. The van der Waals surface area contributed by atoms with Gasteiger partial charge in [-0.1, -0.05) is 11.6 Å². The molecule has 152 valence electrons. The highest BCUT2D eigenvalue weighted by Gasteiger charge is 2.12. The van der Waals surface area contributed by atoms with E-state index in [9.17, 15) is 4.79 Å². The monoisotopic (exact) mass is 486 g/mol. The number of anilines is 1. The standard InChI is InChI=1S/C21H16BrClN4O3/c1-29-19-7-3-12(9-15(19)22)21(28)24-13-4-6-17-18(10-13)26-27(25-17)14-5-8-20(30-2)16(23)11-14/h3-11H,1-2H3,(H,24,28). The first-order valence-electron chi connectivity index (χ1n) is 8.84. The first kappa shape index (κ1) is 20.2. The van der Waals surface area contributed by atoms with Gasteiger partial charge in [0.1, 0.15) is 22.5 Å². The fraction of sp³-hybridized carbons (Fsp3) is 0.0952. The summed E-state index contributed by atoms with van der Waals surface area (Å²) in [5, 5.41) is 12.3. The number of fused-ring (bicyclic) bond motifs is 1. The molecule has 4 rings (SSSR count). The summed E-state index contributed by atoms with van der Waals surface area (Å²) in [6.45, 7) is 0. The van der Waals surface area contributed by atoms with Crippen LogP contribution in [0, 0.1) is 0 Å². The van der Waals surface area contributed by atoms with Crippen LogP contribution < -0.4 is 14.8 Å². The van der Waals surface area contributed by atoms with Gasteiger partial charge in [0.2, 0.25) is 0 Å². The average Bonchev–Trinajstić information content (AvgIpc) is 3.17. The van der Waals surface area contributed by atoms with Gasteiger partial charge >= 0.3 is 0 Å². The van der Waals surface area contributed by atoms with Crippen molar-refractivity contribution in [2.45, 2.75) is 0 Å². The van der Waals surface area contributed by atoms with Crippen LogP contribution in [0.5, 0.6) is 11.5 Å². The Morgan fingerprint density at radius 1 is 0.967 bits per heavy atom. The van der Waals surface area contributed by atoms with Gasteiger partial charge in [-0.25, -0.2) is 0 Å². The lowest BCUT2D eigenvalue weighted by Gasteiger charge is -2.07. The van der Waals surface area contributed by atoms with Crippen molar-refractivity contribution in [1.82, 2.24) is 15.0 Å². The van der Waals surface area contributed by atoms with Gasteiger partial charge in [-0.3, -0.25) is 4.79 Å². The maximum Gasteiger partial charge on any atom is 0.255 e. The largest absolute Gasteiger partial charge is 0.496 e. The van der Waals surface area contributed by atoms with Crippen molar-refractivity contribution in [2.24, 2.45) is 0 Å². The Morgan fingerprint density at radius 3 is 2.40 bits per heavy atom. The molecule has 4 aromatic rings. The highest BCUT2D eigenvalue weighted by atomic mass is 79.9. The number of carbonyl (C=O) groups is 1. The number of methoxy groups -OCH3 is 2. The number of rotatable bonds is 5. The summed E-state index contributed by atoms with van der Waals surface area (Å²) in [6, 6.07) is 15.8. The quantitative estimate of drug-likeness (QED) is 0.423. The molecular weight excluding hydrogens is 472 g/mol. The first-order valence-corrected chi connectivity index (χ1v) is 10.0. The lowest BCUT2D eigenvalue weighted by molar-refractivity contribution is 0.102. The molecule has 0 aliphatic heterocycles. The Bertz CT molecular complexity index is 1260. The van der Waals surface area contributed by atoms with E-state index in [1.165, 1.54) is 4.80 Å². The van der Waals surface area contributed by atoms with Crippen molar-refractivity contribution in [1.29, 1.82) is 0 Å². The molecule has 0 radical (unpaired) electrons. The number of aromatic nitrogens is 3. The zero-order valence-electron chi connectivity index (χ0n) is 16.0. The summed E-state index contributed by atoms with van der Waals surface area (Å²) in [5.41, 5.74) is 3.13. The van der Waals surface area contributed by atoms with Gasteiger partial charge in [-0.2, -0.15) is 4.80 Å². The fourth-order valence-electron chi connectivity index (χ4n) is 2.90. The fourth-order valence-corrected chi connectivity index (χ4v) is 3.69. The van der Waals surface area contributed by atoms with Crippen LogP contribution >= 0.6 is 27.5 Å². The minimum Gasteiger partial charge on any atom is -0.496 e. The lowest BCUT2D eigenvalue weighted by atomic mass is 10.2. The summed E-state index contributed by atoms with van der Waals surface area (Å²) >= 11 is 9.59. The van der Waals surface area contributed by atoms with Crippen LogP contribution in [0.15, 0.2) is 59.1 Å². The SMILES string of the molecule is COc1ccc(-n2nc3ccc(NC(=O)c4ccc(OC)c(Br)c4)cc3n2)cc1Cl. The molecule has 1 aromatic heterocycles. The van der Waals surface area contributed by atoms with E-state index >= 15 is 0 Å². The third-order valence-electron chi connectivity index (χ3n) is 4.42. The van der Waals surface area contributed by atoms with Crippen LogP contribution in [0.1, 0.15) is 10.4 Å². The van der Waals surface area contributed by atoms with Crippen LogP contribution in [0.4, 0.5) is 5.69 Å². The second kappa shape index (κ2) is 8.33. The van der Waals surface area contributed by atoms with Crippen LogP contribution in [0.2, 0.25) is 5.02 Å². The predicted octanol–water partition coefficient (Wildman–Crippen LogP) is 5.11. The molecule has 7 nitrogen and oxygen atoms in total. The molecule has 30 heavy (non-hydrogen) atoms. The van der Waals surface area contributed by atoms with Crippen molar-refractivity contribution < 1.29 is 14.3 Å². The molecule has 0 atom stereocenters. The molecule has 0 fully saturated rings. The highest BCUT2D eigenvalue weighted by Crippen LogP contribution is 2.28. The lowest BCUT2D eigenvalue weighted by Crippen LogP contribution is -2.11. The minimum absolute atomic E-state index is 0.243. The van der Waals surface area contributed by atoms with Crippen molar-refractivity contribution in [3.63, 3.8) is 0 Å². The van der Waals surface area contributed by atoms with Crippen LogP contribution in [0.25, 0.3) is 16.7 Å². The van der Waals surface area contributed by atoms with E-state index in [0.717, 1.165) is 0 Å². The minimum atomic E-state index is -0.243. The van der Waals surface area contributed by atoms with E-state index in [-0.39, 0.29) is 5.91 Å². The molecule has 1 amide bonds. The number of hydrogen-bond acceptors (Lipinski definition) is 5. The van der Waals surface area contributed by atoms with Crippen LogP contribution in [-0.4, -0.2) is 35.1 Å². The Morgan fingerprint density at radius 2 is 1.70 bits per heavy atom. The van der Waals surface area contributed by atoms with E-state index in [2.05, 4.69) is 31.4 Å². The number of benzene rings is 3. The Kier molecular flexibility index (Phi) is 5.61. The van der Waals surface area contributed by atoms with Gasteiger partial charge in [0.05, 0.1) is 29.4 Å². The van der Waals surface area contributed by atoms with E-state index in [0.29, 0.717) is 49.0 Å². The van der Waals surface area contributed by atoms with Gasteiger partial charge in [-0.15, -0.1) is 10.2 Å². The van der Waals surface area contributed by atoms with Crippen molar-refractivity contribution >= 4 is 50.2 Å². The van der Waals surface area contributed by atoms with Crippen LogP contribution in [-0.2, 0) is 0 Å². The van der Waals surface area contributed by atoms with Gasteiger partial charge in [-0.05, 0) is 70.5 Å². The molecule has 0 saturated heterocycles. The average molecular weight is 488 g/mol. The van der Waals surface area contributed by atoms with Crippen LogP contribution in [0.3, 0.4) is 0 Å². The molecule has 0 spiro atoms. The Hall–Kier alpha value is -3.10. The maximum atomic E-state index is 12.6. The third kappa shape index (κ3) is 3.96. The topological polar surface area (TPSA) is 78.3 Å². The second-order valence-electron chi connectivity index (χ2n) is 6.32. The molecule has 0 saturated carbocycles. The van der Waals surface area contributed by atoms with E-state index in [4.69, 9.17) is 21.1 Å². The second-order valence-corrected chi connectivity index (χ2v) is 7.58. The molecule has 9 heteroatoms.